The summed E-state index contributed by atoms with van der Waals surface area (Å²) in [4.78, 5) is 14.5. The number of ether oxygens (including phenoxy) is 1. The van der Waals surface area contributed by atoms with E-state index in [-0.39, 0.29) is 5.91 Å². The molecule has 1 aliphatic heterocycles. The summed E-state index contributed by atoms with van der Waals surface area (Å²) < 4.78 is 7.85. The van der Waals surface area contributed by atoms with Gasteiger partial charge in [0, 0.05) is 19.1 Å². The molecule has 28 heavy (non-hydrogen) atoms. The average Bonchev–Trinajstić information content (AvgIpc) is 3.50. The second-order valence-corrected chi connectivity index (χ2v) is 8.17. The first kappa shape index (κ1) is 19.1. The molecule has 8 heteroatoms. The van der Waals surface area contributed by atoms with Gasteiger partial charge in [0.05, 0.1) is 12.3 Å². The summed E-state index contributed by atoms with van der Waals surface area (Å²) in [7, 11) is 0. The highest BCUT2D eigenvalue weighted by atomic mass is 32.2. The summed E-state index contributed by atoms with van der Waals surface area (Å²) in [6.45, 7) is 3.05. The Kier molecular flexibility index (Phi) is 6.36. The molecular formula is C20H27N5O2S. The highest BCUT2D eigenvalue weighted by Crippen LogP contribution is 2.41. The average molecular weight is 402 g/mol. The van der Waals surface area contributed by atoms with E-state index < -0.39 is 0 Å². The van der Waals surface area contributed by atoms with E-state index in [1.165, 1.54) is 43.9 Å². The van der Waals surface area contributed by atoms with Crippen LogP contribution in [0.5, 0.6) is 5.75 Å². The Labute approximate surface area is 169 Å². The van der Waals surface area contributed by atoms with Crippen LogP contribution in [-0.4, -0.2) is 52.7 Å². The maximum atomic E-state index is 12.2. The number of para-hydroxylation sites is 1. The fourth-order valence-corrected chi connectivity index (χ4v) is 4.22. The van der Waals surface area contributed by atoms with E-state index in [0.717, 1.165) is 29.9 Å². The minimum atomic E-state index is -0.00784. The number of nitrogens with one attached hydrogen (secondary N) is 1. The summed E-state index contributed by atoms with van der Waals surface area (Å²) in [5, 5.41) is 12.6. The van der Waals surface area contributed by atoms with Crippen molar-refractivity contribution >= 4 is 23.6 Å². The van der Waals surface area contributed by atoms with Gasteiger partial charge in [-0.1, -0.05) is 30.0 Å². The zero-order valence-electron chi connectivity index (χ0n) is 16.0. The Morgan fingerprint density at radius 2 is 1.93 bits per heavy atom. The number of thioether (sulfide) groups is 1. The summed E-state index contributed by atoms with van der Waals surface area (Å²) in [6, 6.07) is 10.1. The Morgan fingerprint density at radius 3 is 2.68 bits per heavy atom. The van der Waals surface area contributed by atoms with Crippen molar-refractivity contribution in [2.45, 2.75) is 43.3 Å². The smallest absolute Gasteiger partial charge is 0.230 e. The van der Waals surface area contributed by atoms with Crippen molar-refractivity contribution < 1.29 is 9.53 Å². The zero-order valence-corrected chi connectivity index (χ0v) is 16.9. The molecule has 0 unspecified atom stereocenters. The molecule has 0 bridgehead atoms. The zero-order chi connectivity index (χ0) is 19.2. The van der Waals surface area contributed by atoms with Crippen molar-refractivity contribution in [2.75, 3.05) is 36.9 Å². The quantitative estimate of drug-likeness (QED) is 0.515. The van der Waals surface area contributed by atoms with Crippen LogP contribution in [0.15, 0.2) is 35.5 Å². The number of rotatable bonds is 9. The van der Waals surface area contributed by atoms with Gasteiger partial charge in [-0.3, -0.25) is 9.36 Å². The lowest BCUT2D eigenvalue weighted by molar-refractivity contribution is -0.118. The number of carbonyl (C=O) groups is 1. The SMILES string of the molecule is O=C(CSc1nnc(N2CCCCC2)n1C1CC1)NCCOc1ccccc1. The van der Waals surface area contributed by atoms with Crippen molar-refractivity contribution in [1.29, 1.82) is 0 Å². The number of amides is 1. The topological polar surface area (TPSA) is 72.3 Å². The van der Waals surface area contributed by atoms with Crippen LogP contribution in [0, 0.1) is 0 Å². The molecule has 1 amide bonds. The minimum absolute atomic E-state index is 0.00784. The Balaban J connectivity index is 1.25. The van der Waals surface area contributed by atoms with Crippen LogP contribution in [0.3, 0.4) is 0 Å². The number of hydrogen-bond acceptors (Lipinski definition) is 6. The molecular weight excluding hydrogens is 374 g/mol. The maximum Gasteiger partial charge on any atom is 0.230 e. The number of nitrogens with zero attached hydrogens (tertiary/aromatic N) is 4. The number of aromatic nitrogens is 3. The van der Waals surface area contributed by atoms with Gasteiger partial charge in [-0.2, -0.15) is 0 Å². The van der Waals surface area contributed by atoms with Crippen molar-refractivity contribution in [3.05, 3.63) is 30.3 Å². The van der Waals surface area contributed by atoms with Crippen LogP contribution in [-0.2, 0) is 4.79 Å². The van der Waals surface area contributed by atoms with Crippen LogP contribution < -0.4 is 15.0 Å². The molecule has 1 N–H and O–H groups in total. The highest BCUT2D eigenvalue weighted by Gasteiger charge is 2.32. The minimum Gasteiger partial charge on any atom is -0.492 e. The molecule has 0 atom stereocenters. The molecule has 150 valence electrons. The number of benzene rings is 1. The summed E-state index contributed by atoms with van der Waals surface area (Å²) >= 11 is 1.47. The molecule has 1 saturated heterocycles. The molecule has 2 heterocycles. The number of anilines is 1. The van der Waals surface area contributed by atoms with Gasteiger partial charge >= 0.3 is 0 Å². The maximum absolute atomic E-state index is 12.2. The number of piperidine rings is 1. The third-order valence-electron chi connectivity index (χ3n) is 4.97. The van der Waals surface area contributed by atoms with Gasteiger partial charge in [0.25, 0.3) is 0 Å². The van der Waals surface area contributed by atoms with E-state index in [4.69, 9.17) is 4.74 Å². The molecule has 2 aliphatic rings. The predicted molar refractivity (Wildman–Crippen MR) is 110 cm³/mol. The van der Waals surface area contributed by atoms with Crippen molar-refractivity contribution in [2.24, 2.45) is 0 Å². The first-order chi connectivity index (χ1) is 13.8. The lowest BCUT2D eigenvalue weighted by atomic mass is 10.1. The third kappa shape index (κ3) is 4.98. The Morgan fingerprint density at radius 1 is 1.14 bits per heavy atom. The molecule has 1 aliphatic carbocycles. The van der Waals surface area contributed by atoms with Gasteiger partial charge in [0.2, 0.25) is 11.9 Å². The second-order valence-electron chi connectivity index (χ2n) is 7.23. The molecule has 4 rings (SSSR count). The molecule has 2 fully saturated rings. The molecule has 1 saturated carbocycles. The summed E-state index contributed by atoms with van der Waals surface area (Å²) in [5.74, 6) is 2.14. The van der Waals surface area contributed by atoms with E-state index >= 15 is 0 Å². The van der Waals surface area contributed by atoms with Gasteiger partial charge in [-0.05, 0) is 44.2 Å². The second kappa shape index (κ2) is 9.32. The molecule has 1 aromatic carbocycles. The molecule has 0 radical (unpaired) electrons. The number of hydrogen-bond donors (Lipinski definition) is 1. The van der Waals surface area contributed by atoms with Crippen LogP contribution in [0.1, 0.15) is 38.1 Å². The lowest BCUT2D eigenvalue weighted by Gasteiger charge is -2.27. The summed E-state index contributed by atoms with van der Waals surface area (Å²) in [5.41, 5.74) is 0. The fraction of sp³-hybridized carbons (Fsp3) is 0.550. The van der Waals surface area contributed by atoms with E-state index in [1.807, 2.05) is 30.3 Å². The fourth-order valence-electron chi connectivity index (χ4n) is 3.39. The first-order valence-electron chi connectivity index (χ1n) is 10.1. The first-order valence-corrected chi connectivity index (χ1v) is 11.1. The largest absolute Gasteiger partial charge is 0.492 e. The van der Waals surface area contributed by atoms with Crippen LogP contribution in [0.2, 0.25) is 0 Å². The van der Waals surface area contributed by atoms with Gasteiger partial charge in [-0.15, -0.1) is 10.2 Å². The van der Waals surface area contributed by atoms with Crippen LogP contribution >= 0.6 is 11.8 Å². The van der Waals surface area contributed by atoms with E-state index in [1.54, 1.807) is 0 Å². The van der Waals surface area contributed by atoms with Gasteiger partial charge in [0.15, 0.2) is 5.16 Å². The summed E-state index contributed by atoms with van der Waals surface area (Å²) in [6.07, 6.45) is 6.08. The Bertz CT molecular complexity index is 772. The van der Waals surface area contributed by atoms with Crippen molar-refractivity contribution in [1.82, 2.24) is 20.1 Å². The van der Waals surface area contributed by atoms with E-state index in [0.29, 0.717) is 24.9 Å². The predicted octanol–water partition coefficient (Wildman–Crippen LogP) is 2.89. The van der Waals surface area contributed by atoms with Crippen LogP contribution in [0.25, 0.3) is 0 Å². The Hall–Kier alpha value is -2.22. The third-order valence-corrected chi connectivity index (χ3v) is 5.91. The highest BCUT2D eigenvalue weighted by molar-refractivity contribution is 7.99. The van der Waals surface area contributed by atoms with Crippen LogP contribution in [0.4, 0.5) is 5.95 Å². The van der Waals surface area contributed by atoms with E-state index in [9.17, 15) is 4.79 Å². The van der Waals surface area contributed by atoms with Gasteiger partial charge in [0.1, 0.15) is 12.4 Å². The monoisotopic (exact) mass is 401 g/mol. The lowest BCUT2D eigenvalue weighted by Crippen LogP contribution is -2.32. The normalized spacial score (nSPS) is 16.8. The van der Waals surface area contributed by atoms with Gasteiger partial charge < -0.3 is 15.0 Å². The van der Waals surface area contributed by atoms with Gasteiger partial charge in [-0.25, -0.2) is 0 Å². The van der Waals surface area contributed by atoms with E-state index in [2.05, 4.69) is 25.0 Å². The standard InChI is InChI=1S/C20H27N5O2S/c26-18(21-11-14-27-17-7-3-1-4-8-17)15-28-20-23-22-19(25(20)16-9-10-16)24-12-5-2-6-13-24/h1,3-4,7-8,16H,2,5-6,9-15H2,(H,21,26). The molecule has 1 aromatic heterocycles. The van der Waals surface area contributed by atoms with Crippen molar-refractivity contribution in [3.63, 3.8) is 0 Å². The molecule has 0 spiro atoms. The number of carbonyl (C=O) groups excluding carboxylic acids is 1. The van der Waals surface area contributed by atoms with Crippen molar-refractivity contribution in [3.8, 4) is 5.75 Å². The molecule has 2 aromatic rings. The molecule has 7 nitrogen and oxygen atoms in total.